The molecule has 18 heavy (non-hydrogen) atoms. The molecule has 0 amide bonds. The minimum Gasteiger partial charge on any atom is -0.330 e. The number of hydrogen-bond donors (Lipinski definition) is 1. The molecule has 0 unspecified atom stereocenters. The smallest absolute Gasteiger partial charge is 0.00367 e. The van der Waals surface area contributed by atoms with Crippen LogP contribution in [0.1, 0.15) is 16.7 Å². The van der Waals surface area contributed by atoms with Gasteiger partial charge >= 0.3 is 0 Å². The van der Waals surface area contributed by atoms with Crippen LogP contribution < -0.4 is 5.73 Å². The molecule has 94 valence electrons. The van der Waals surface area contributed by atoms with Gasteiger partial charge in [-0.1, -0.05) is 66.7 Å². The van der Waals surface area contributed by atoms with Crippen molar-refractivity contribution in [3.05, 3.63) is 71.3 Å². The van der Waals surface area contributed by atoms with Crippen molar-refractivity contribution < 1.29 is 0 Å². The molecule has 0 aliphatic rings. The molecule has 0 aliphatic heterocycles. The van der Waals surface area contributed by atoms with Gasteiger partial charge in [-0.15, -0.1) is 12.4 Å². The van der Waals surface area contributed by atoms with Gasteiger partial charge in [0.15, 0.2) is 0 Å². The summed E-state index contributed by atoms with van der Waals surface area (Å²) in [5, 5.41) is 0. The number of halogens is 1. The van der Waals surface area contributed by atoms with Gasteiger partial charge in [-0.25, -0.2) is 0 Å². The van der Waals surface area contributed by atoms with Gasteiger partial charge < -0.3 is 5.73 Å². The van der Waals surface area contributed by atoms with Crippen molar-refractivity contribution in [2.45, 2.75) is 6.42 Å². The summed E-state index contributed by atoms with van der Waals surface area (Å²) in [6.45, 7) is 0.708. The molecular weight excluding hydrogens is 242 g/mol. The summed E-state index contributed by atoms with van der Waals surface area (Å²) < 4.78 is 0. The van der Waals surface area contributed by atoms with Gasteiger partial charge in [0.25, 0.3) is 0 Å². The van der Waals surface area contributed by atoms with E-state index in [0.29, 0.717) is 6.54 Å². The summed E-state index contributed by atoms with van der Waals surface area (Å²) in [7, 11) is 0. The van der Waals surface area contributed by atoms with E-state index < -0.39 is 0 Å². The van der Waals surface area contributed by atoms with Crippen LogP contribution in [0.3, 0.4) is 0 Å². The Morgan fingerprint density at radius 3 is 1.89 bits per heavy atom. The first-order chi connectivity index (χ1) is 8.38. The molecule has 2 rings (SSSR count). The normalized spacial score (nSPS) is 10.3. The average molecular weight is 260 g/mol. The molecular formula is C16H18ClN. The van der Waals surface area contributed by atoms with Gasteiger partial charge in [0.05, 0.1) is 0 Å². The van der Waals surface area contributed by atoms with E-state index in [9.17, 15) is 0 Å². The molecule has 2 N–H and O–H groups in total. The summed E-state index contributed by atoms with van der Waals surface area (Å²) in [5.74, 6) is 0. The van der Waals surface area contributed by atoms with Gasteiger partial charge in [0, 0.05) is 0 Å². The summed E-state index contributed by atoms with van der Waals surface area (Å²) >= 11 is 0. The molecule has 1 nitrogen and oxygen atoms in total. The van der Waals surface area contributed by atoms with Crippen LogP contribution in [0, 0.1) is 0 Å². The first kappa shape index (κ1) is 14.5. The van der Waals surface area contributed by atoms with Gasteiger partial charge in [-0.3, -0.25) is 0 Å². The van der Waals surface area contributed by atoms with E-state index in [-0.39, 0.29) is 12.4 Å². The molecule has 2 aromatic carbocycles. The molecule has 0 fully saturated rings. The zero-order chi connectivity index (χ0) is 11.9. The molecule has 0 heterocycles. The highest BCUT2D eigenvalue weighted by Gasteiger charge is 1.91. The molecule has 0 bridgehead atoms. The average Bonchev–Trinajstić information content (AvgIpc) is 2.40. The molecule has 0 aromatic heterocycles. The quantitative estimate of drug-likeness (QED) is 0.831. The van der Waals surface area contributed by atoms with Crippen LogP contribution in [-0.4, -0.2) is 6.54 Å². The Morgan fingerprint density at radius 1 is 0.778 bits per heavy atom. The van der Waals surface area contributed by atoms with Crippen molar-refractivity contribution in [1.29, 1.82) is 0 Å². The van der Waals surface area contributed by atoms with Crippen LogP contribution in [0.4, 0.5) is 0 Å². The van der Waals surface area contributed by atoms with Crippen molar-refractivity contribution in [2.75, 3.05) is 6.54 Å². The Morgan fingerprint density at radius 2 is 1.33 bits per heavy atom. The third-order valence-corrected chi connectivity index (χ3v) is 2.68. The van der Waals surface area contributed by atoms with Crippen molar-refractivity contribution >= 4 is 24.6 Å². The Kier molecular flexibility index (Phi) is 6.20. The number of rotatable bonds is 4. The fourth-order valence-electron chi connectivity index (χ4n) is 1.72. The lowest BCUT2D eigenvalue weighted by Gasteiger charge is -1.99. The molecule has 2 aromatic rings. The van der Waals surface area contributed by atoms with Crippen molar-refractivity contribution in [1.82, 2.24) is 0 Å². The van der Waals surface area contributed by atoms with Crippen molar-refractivity contribution in [3.8, 4) is 0 Å². The van der Waals surface area contributed by atoms with Crippen molar-refractivity contribution in [2.24, 2.45) is 5.73 Å². The molecule has 0 radical (unpaired) electrons. The fourth-order valence-corrected chi connectivity index (χ4v) is 1.72. The van der Waals surface area contributed by atoms with Gasteiger partial charge in [-0.2, -0.15) is 0 Å². The van der Waals surface area contributed by atoms with E-state index >= 15 is 0 Å². The topological polar surface area (TPSA) is 26.0 Å². The highest BCUT2D eigenvalue weighted by molar-refractivity contribution is 5.85. The lowest BCUT2D eigenvalue weighted by molar-refractivity contribution is 0.969. The summed E-state index contributed by atoms with van der Waals surface area (Å²) in [6, 6.07) is 18.8. The zero-order valence-electron chi connectivity index (χ0n) is 10.3. The lowest BCUT2D eigenvalue weighted by atomic mass is 10.1. The monoisotopic (exact) mass is 259 g/mol. The second-order valence-electron chi connectivity index (χ2n) is 4.02. The SMILES string of the molecule is Cl.NCCc1ccc(C=Cc2ccccc2)cc1. The summed E-state index contributed by atoms with van der Waals surface area (Å²) in [5.41, 5.74) is 9.25. The van der Waals surface area contributed by atoms with Crippen LogP contribution in [0.25, 0.3) is 12.2 Å². The molecule has 0 spiro atoms. The standard InChI is InChI=1S/C16H17N.ClH/c17-13-12-16-10-8-15(9-11-16)7-6-14-4-2-1-3-5-14;/h1-11H,12-13,17H2;1H. The first-order valence-electron chi connectivity index (χ1n) is 5.90. The predicted molar refractivity (Wildman–Crippen MR) is 81.8 cm³/mol. The Labute approximate surface area is 115 Å². The van der Waals surface area contributed by atoms with E-state index in [0.717, 1.165) is 6.42 Å². The van der Waals surface area contributed by atoms with Crippen LogP contribution >= 0.6 is 12.4 Å². The molecule has 0 atom stereocenters. The van der Waals surface area contributed by atoms with Crippen LogP contribution in [0.5, 0.6) is 0 Å². The largest absolute Gasteiger partial charge is 0.330 e. The number of hydrogen-bond acceptors (Lipinski definition) is 1. The molecule has 2 heteroatoms. The van der Waals surface area contributed by atoms with E-state index in [2.05, 4.69) is 48.6 Å². The molecule has 0 saturated heterocycles. The fraction of sp³-hybridized carbons (Fsp3) is 0.125. The van der Waals surface area contributed by atoms with E-state index in [1.54, 1.807) is 0 Å². The minimum absolute atomic E-state index is 0. The number of nitrogens with two attached hydrogens (primary N) is 1. The highest BCUT2D eigenvalue weighted by atomic mass is 35.5. The Bertz CT molecular complexity index is 474. The second-order valence-corrected chi connectivity index (χ2v) is 4.02. The third-order valence-electron chi connectivity index (χ3n) is 2.68. The maximum atomic E-state index is 5.52. The van der Waals surface area contributed by atoms with Crippen LogP contribution in [-0.2, 0) is 6.42 Å². The number of benzene rings is 2. The van der Waals surface area contributed by atoms with Gasteiger partial charge in [0.2, 0.25) is 0 Å². The Hall–Kier alpha value is -1.57. The summed E-state index contributed by atoms with van der Waals surface area (Å²) in [4.78, 5) is 0. The minimum atomic E-state index is 0. The highest BCUT2D eigenvalue weighted by Crippen LogP contribution is 2.09. The maximum Gasteiger partial charge on any atom is -0.00367 e. The van der Waals surface area contributed by atoms with Crippen molar-refractivity contribution in [3.63, 3.8) is 0 Å². The van der Waals surface area contributed by atoms with Gasteiger partial charge in [0.1, 0.15) is 0 Å². The molecule has 0 saturated carbocycles. The first-order valence-corrected chi connectivity index (χ1v) is 5.90. The van der Waals surface area contributed by atoms with E-state index in [4.69, 9.17) is 5.73 Å². The van der Waals surface area contributed by atoms with Crippen LogP contribution in [0.2, 0.25) is 0 Å². The Balaban J connectivity index is 0.00000162. The maximum absolute atomic E-state index is 5.52. The molecule has 0 aliphatic carbocycles. The van der Waals surface area contributed by atoms with Gasteiger partial charge in [-0.05, 0) is 29.7 Å². The van der Waals surface area contributed by atoms with E-state index in [1.165, 1.54) is 16.7 Å². The lowest BCUT2D eigenvalue weighted by Crippen LogP contribution is -2.02. The van der Waals surface area contributed by atoms with Crippen LogP contribution in [0.15, 0.2) is 54.6 Å². The predicted octanol–water partition coefficient (Wildman–Crippen LogP) is 3.78. The van der Waals surface area contributed by atoms with E-state index in [1.807, 2.05) is 18.2 Å². The third kappa shape index (κ3) is 4.36. The second kappa shape index (κ2) is 7.70. The zero-order valence-corrected chi connectivity index (χ0v) is 11.1. The summed E-state index contributed by atoms with van der Waals surface area (Å²) in [6.07, 6.45) is 5.20.